The maximum absolute atomic E-state index is 4.69. The van der Waals surface area contributed by atoms with E-state index in [0.717, 1.165) is 24.4 Å². The smallest absolute Gasteiger partial charge is 0.113 e. The van der Waals surface area contributed by atoms with Crippen LogP contribution in [0.4, 0.5) is 0 Å². The molecule has 1 atom stereocenters. The summed E-state index contributed by atoms with van der Waals surface area (Å²) in [6, 6.07) is 8.28. The van der Waals surface area contributed by atoms with Crippen LogP contribution in [0.15, 0.2) is 24.3 Å². The number of aromatic nitrogens is 2. The maximum atomic E-state index is 4.69. The van der Waals surface area contributed by atoms with Gasteiger partial charge in [-0.3, -0.25) is 0 Å². The predicted octanol–water partition coefficient (Wildman–Crippen LogP) is 2.29. The number of likely N-dealkylation sites (N-methyl/N-ethyl adjacent to an activating group) is 1. The molecule has 0 bridgehead atoms. The van der Waals surface area contributed by atoms with Gasteiger partial charge in [-0.15, -0.1) is 0 Å². The third kappa shape index (κ3) is 1.95. The third-order valence-electron chi connectivity index (χ3n) is 2.96. The molecule has 3 nitrogen and oxygen atoms in total. The van der Waals surface area contributed by atoms with Crippen LogP contribution in [-0.4, -0.2) is 22.6 Å². The number of benzene rings is 1. The van der Waals surface area contributed by atoms with Crippen molar-refractivity contribution < 1.29 is 0 Å². The highest BCUT2D eigenvalue weighted by Gasteiger charge is 2.13. The molecule has 1 unspecified atom stereocenters. The lowest BCUT2D eigenvalue weighted by Crippen LogP contribution is -2.21. The summed E-state index contributed by atoms with van der Waals surface area (Å²) in [7, 11) is 2.09. The van der Waals surface area contributed by atoms with Gasteiger partial charge in [0, 0.05) is 19.5 Å². The molecule has 0 aliphatic heterocycles. The molecular formula is C13H19N3. The molecule has 0 fully saturated rings. The van der Waals surface area contributed by atoms with Gasteiger partial charge in [0.25, 0.3) is 0 Å². The average Bonchev–Trinajstić information content (AvgIpc) is 2.64. The van der Waals surface area contributed by atoms with Crippen LogP contribution >= 0.6 is 0 Å². The van der Waals surface area contributed by atoms with E-state index in [1.165, 1.54) is 5.52 Å². The van der Waals surface area contributed by atoms with Crippen molar-refractivity contribution in [2.45, 2.75) is 19.8 Å². The molecule has 2 rings (SSSR count). The van der Waals surface area contributed by atoms with Crippen LogP contribution < -0.4 is 5.32 Å². The number of nitrogens with zero attached hydrogens (tertiary/aromatic N) is 2. The Hall–Kier alpha value is -1.35. The van der Waals surface area contributed by atoms with E-state index in [9.17, 15) is 0 Å². The summed E-state index contributed by atoms with van der Waals surface area (Å²) >= 11 is 0. The fourth-order valence-corrected chi connectivity index (χ4v) is 2.06. The second kappa shape index (κ2) is 4.66. The second-order valence-electron chi connectivity index (χ2n) is 4.23. The van der Waals surface area contributed by atoms with Crippen molar-refractivity contribution in [3.05, 3.63) is 30.1 Å². The van der Waals surface area contributed by atoms with Crippen molar-refractivity contribution in [1.82, 2.24) is 14.9 Å². The molecule has 0 aliphatic rings. The Labute approximate surface area is 96.5 Å². The molecule has 0 saturated carbocycles. The lowest BCUT2D eigenvalue weighted by atomic mass is 10.1. The van der Waals surface area contributed by atoms with Crippen molar-refractivity contribution in [2.75, 3.05) is 13.1 Å². The number of rotatable bonds is 4. The Morgan fingerprint density at radius 1 is 1.38 bits per heavy atom. The Balaban J connectivity index is 2.33. The number of imidazole rings is 1. The Kier molecular flexibility index (Phi) is 3.25. The van der Waals surface area contributed by atoms with E-state index in [1.807, 2.05) is 6.07 Å². The molecule has 1 aromatic carbocycles. The van der Waals surface area contributed by atoms with E-state index < -0.39 is 0 Å². The average molecular weight is 217 g/mol. The molecular weight excluding hydrogens is 198 g/mol. The zero-order valence-corrected chi connectivity index (χ0v) is 10.2. The van der Waals surface area contributed by atoms with Gasteiger partial charge in [-0.25, -0.2) is 4.98 Å². The van der Waals surface area contributed by atoms with Crippen molar-refractivity contribution >= 4 is 11.0 Å². The minimum atomic E-state index is 0.442. The molecule has 0 saturated heterocycles. The number of hydrogen-bond donors (Lipinski definition) is 1. The summed E-state index contributed by atoms with van der Waals surface area (Å²) < 4.78 is 2.19. The van der Waals surface area contributed by atoms with Crippen LogP contribution in [0.5, 0.6) is 0 Å². The standard InChI is InChI=1S/C13H19N3/c1-4-14-9-10(2)13-15-11-7-5-6-8-12(11)16(13)3/h5-8,10,14H,4,9H2,1-3H3. The maximum Gasteiger partial charge on any atom is 0.113 e. The van der Waals surface area contributed by atoms with Gasteiger partial charge in [0.2, 0.25) is 0 Å². The van der Waals surface area contributed by atoms with E-state index in [2.05, 4.69) is 54.0 Å². The van der Waals surface area contributed by atoms with Crippen molar-refractivity contribution in [3.8, 4) is 0 Å². The number of hydrogen-bond acceptors (Lipinski definition) is 2. The van der Waals surface area contributed by atoms with Crippen molar-refractivity contribution in [2.24, 2.45) is 7.05 Å². The van der Waals surface area contributed by atoms with E-state index >= 15 is 0 Å². The number of para-hydroxylation sites is 2. The zero-order valence-electron chi connectivity index (χ0n) is 10.2. The lowest BCUT2D eigenvalue weighted by Gasteiger charge is -2.11. The Morgan fingerprint density at radius 2 is 2.12 bits per heavy atom. The highest BCUT2D eigenvalue weighted by molar-refractivity contribution is 5.75. The van der Waals surface area contributed by atoms with E-state index in [0.29, 0.717) is 5.92 Å². The van der Waals surface area contributed by atoms with Crippen LogP contribution in [0.1, 0.15) is 25.6 Å². The Morgan fingerprint density at radius 3 is 2.81 bits per heavy atom. The summed E-state index contributed by atoms with van der Waals surface area (Å²) in [5, 5.41) is 3.36. The van der Waals surface area contributed by atoms with Gasteiger partial charge in [0.1, 0.15) is 5.82 Å². The lowest BCUT2D eigenvalue weighted by molar-refractivity contribution is 0.593. The molecule has 1 N–H and O–H groups in total. The van der Waals surface area contributed by atoms with Gasteiger partial charge >= 0.3 is 0 Å². The van der Waals surface area contributed by atoms with Gasteiger partial charge < -0.3 is 9.88 Å². The third-order valence-corrected chi connectivity index (χ3v) is 2.96. The fourth-order valence-electron chi connectivity index (χ4n) is 2.06. The molecule has 0 amide bonds. The van der Waals surface area contributed by atoms with Gasteiger partial charge in [0.15, 0.2) is 0 Å². The van der Waals surface area contributed by atoms with E-state index in [4.69, 9.17) is 0 Å². The molecule has 0 aliphatic carbocycles. The first-order chi connectivity index (χ1) is 7.74. The topological polar surface area (TPSA) is 29.9 Å². The predicted molar refractivity (Wildman–Crippen MR) is 67.7 cm³/mol. The summed E-state index contributed by atoms with van der Waals surface area (Å²) in [6.45, 7) is 6.33. The summed E-state index contributed by atoms with van der Waals surface area (Å²) in [5.74, 6) is 1.60. The normalized spacial score (nSPS) is 13.2. The van der Waals surface area contributed by atoms with Crippen molar-refractivity contribution in [3.63, 3.8) is 0 Å². The Bertz CT molecular complexity index is 473. The number of nitrogens with one attached hydrogen (secondary N) is 1. The molecule has 16 heavy (non-hydrogen) atoms. The first-order valence-electron chi connectivity index (χ1n) is 5.86. The van der Waals surface area contributed by atoms with Gasteiger partial charge in [-0.2, -0.15) is 0 Å². The molecule has 2 aromatic rings. The van der Waals surface area contributed by atoms with Crippen LogP contribution in [0.2, 0.25) is 0 Å². The summed E-state index contributed by atoms with van der Waals surface area (Å²) in [5.41, 5.74) is 2.30. The molecule has 1 aromatic heterocycles. The van der Waals surface area contributed by atoms with Crippen LogP contribution in [0.25, 0.3) is 11.0 Å². The first-order valence-corrected chi connectivity index (χ1v) is 5.86. The van der Waals surface area contributed by atoms with Crippen LogP contribution in [-0.2, 0) is 7.05 Å². The quantitative estimate of drug-likeness (QED) is 0.851. The van der Waals surface area contributed by atoms with Gasteiger partial charge in [0.05, 0.1) is 11.0 Å². The van der Waals surface area contributed by atoms with Crippen LogP contribution in [0.3, 0.4) is 0 Å². The van der Waals surface area contributed by atoms with E-state index in [1.54, 1.807) is 0 Å². The van der Waals surface area contributed by atoms with Crippen LogP contribution in [0, 0.1) is 0 Å². The fraction of sp³-hybridized carbons (Fsp3) is 0.462. The second-order valence-corrected chi connectivity index (χ2v) is 4.23. The minimum absolute atomic E-state index is 0.442. The monoisotopic (exact) mass is 217 g/mol. The van der Waals surface area contributed by atoms with Crippen molar-refractivity contribution in [1.29, 1.82) is 0 Å². The zero-order chi connectivity index (χ0) is 11.5. The van der Waals surface area contributed by atoms with Gasteiger partial charge in [-0.1, -0.05) is 26.0 Å². The molecule has 0 spiro atoms. The van der Waals surface area contributed by atoms with Gasteiger partial charge in [-0.05, 0) is 18.7 Å². The largest absolute Gasteiger partial charge is 0.331 e. The summed E-state index contributed by atoms with van der Waals surface area (Å²) in [4.78, 5) is 4.69. The highest BCUT2D eigenvalue weighted by atomic mass is 15.1. The van der Waals surface area contributed by atoms with E-state index in [-0.39, 0.29) is 0 Å². The molecule has 3 heteroatoms. The minimum Gasteiger partial charge on any atom is -0.331 e. The molecule has 86 valence electrons. The molecule has 0 radical (unpaired) electrons. The molecule has 1 heterocycles. The highest BCUT2D eigenvalue weighted by Crippen LogP contribution is 2.19. The first kappa shape index (κ1) is 11.1. The number of fused-ring (bicyclic) bond motifs is 1. The number of aryl methyl sites for hydroxylation is 1. The summed E-state index contributed by atoms with van der Waals surface area (Å²) in [6.07, 6.45) is 0. The SMILES string of the molecule is CCNCC(C)c1nc2ccccc2n1C.